The summed E-state index contributed by atoms with van der Waals surface area (Å²) in [5.74, 6) is 0.968. The van der Waals surface area contributed by atoms with E-state index in [1.165, 1.54) is 0 Å². The summed E-state index contributed by atoms with van der Waals surface area (Å²) in [6.45, 7) is 4.00. The molecule has 0 heterocycles. The van der Waals surface area contributed by atoms with Crippen LogP contribution < -0.4 is 0 Å². The van der Waals surface area contributed by atoms with Crippen molar-refractivity contribution in [3.8, 4) is 0 Å². The Bertz CT molecular complexity index is 177. The second kappa shape index (κ2) is 4.19. The van der Waals surface area contributed by atoms with E-state index >= 15 is 0 Å². The van der Waals surface area contributed by atoms with Gasteiger partial charge in [-0.05, 0) is 26.3 Å². The number of aliphatic hydroxyl groups is 1. The molecular formula is C9H16O2S. The fourth-order valence-electron chi connectivity index (χ4n) is 1.23. The Kier molecular flexibility index (Phi) is 3.47. The van der Waals surface area contributed by atoms with Crippen LogP contribution in [-0.2, 0) is 4.74 Å². The lowest BCUT2D eigenvalue weighted by atomic mass is 10.0. The highest BCUT2D eigenvalue weighted by Crippen LogP contribution is 2.24. The highest BCUT2D eigenvalue weighted by molar-refractivity contribution is 7.81. The molecule has 12 heavy (non-hydrogen) atoms. The van der Waals surface area contributed by atoms with Gasteiger partial charge < -0.3 is 9.84 Å². The molecule has 0 saturated carbocycles. The molecule has 2 unspecified atom stereocenters. The molecule has 70 valence electrons. The molecule has 2 nitrogen and oxygen atoms in total. The second-order valence-corrected chi connectivity index (χ2v) is 4.07. The van der Waals surface area contributed by atoms with E-state index in [2.05, 4.69) is 12.6 Å². The van der Waals surface area contributed by atoms with Crippen molar-refractivity contribution in [3.05, 3.63) is 11.8 Å². The van der Waals surface area contributed by atoms with E-state index in [9.17, 15) is 5.11 Å². The van der Waals surface area contributed by atoms with Gasteiger partial charge in [0.1, 0.15) is 0 Å². The molecule has 0 aromatic heterocycles. The monoisotopic (exact) mass is 188 g/mol. The Morgan fingerprint density at radius 2 is 2.33 bits per heavy atom. The molecule has 1 aliphatic rings. The number of ether oxygens (including phenoxy) is 1. The van der Waals surface area contributed by atoms with E-state index in [0.717, 1.165) is 12.2 Å². The summed E-state index contributed by atoms with van der Waals surface area (Å²) in [5, 5.41) is 9.38. The van der Waals surface area contributed by atoms with Gasteiger partial charge >= 0.3 is 0 Å². The van der Waals surface area contributed by atoms with Crippen LogP contribution in [0.2, 0.25) is 0 Å². The SMILES string of the molecule is CC(C)OC1=CCC(O)C(S)C1. The molecule has 0 fully saturated rings. The second-order valence-electron chi connectivity index (χ2n) is 3.41. The van der Waals surface area contributed by atoms with Crippen molar-refractivity contribution in [3.63, 3.8) is 0 Å². The van der Waals surface area contributed by atoms with E-state index in [4.69, 9.17) is 4.74 Å². The standard InChI is InChI=1S/C9H16O2S/c1-6(2)11-7-3-4-8(10)9(12)5-7/h3,6,8-10,12H,4-5H2,1-2H3. The molecule has 1 N–H and O–H groups in total. The quantitative estimate of drug-likeness (QED) is 0.646. The summed E-state index contributed by atoms with van der Waals surface area (Å²) >= 11 is 4.27. The summed E-state index contributed by atoms with van der Waals surface area (Å²) in [5.41, 5.74) is 0. The van der Waals surface area contributed by atoms with Crippen LogP contribution in [0.5, 0.6) is 0 Å². The third-order valence-electron chi connectivity index (χ3n) is 1.83. The first-order valence-electron chi connectivity index (χ1n) is 4.31. The fourth-order valence-corrected chi connectivity index (χ4v) is 1.54. The first-order chi connectivity index (χ1) is 5.59. The molecule has 0 aromatic rings. The van der Waals surface area contributed by atoms with E-state index in [0.29, 0.717) is 6.42 Å². The van der Waals surface area contributed by atoms with Crippen LogP contribution in [-0.4, -0.2) is 22.6 Å². The fraction of sp³-hybridized carbons (Fsp3) is 0.778. The van der Waals surface area contributed by atoms with Crippen molar-refractivity contribution in [2.24, 2.45) is 0 Å². The van der Waals surface area contributed by atoms with Gasteiger partial charge in [0.15, 0.2) is 0 Å². The average Bonchev–Trinajstić information content (AvgIpc) is 1.96. The van der Waals surface area contributed by atoms with Gasteiger partial charge in [0.05, 0.1) is 18.0 Å². The number of hydrogen-bond donors (Lipinski definition) is 2. The van der Waals surface area contributed by atoms with Gasteiger partial charge in [0.25, 0.3) is 0 Å². The van der Waals surface area contributed by atoms with Crippen molar-refractivity contribution in [1.29, 1.82) is 0 Å². The number of rotatable bonds is 2. The van der Waals surface area contributed by atoms with Crippen molar-refractivity contribution in [2.45, 2.75) is 44.1 Å². The zero-order chi connectivity index (χ0) is 9.14. The Morgan fingerprint density at radius 3 is 2.83 bits per heavy atom. The number of aliphatic hydroxyl groups excluding tert-OH is 1. The van der Waals surface area contributed by atoms with Gasteiger partial charge in [-0.2, -0.15) is 12.6 Å². The van der Waals surface area contributed by atoms with Gasteiger partial charge in [-0.25, -0.2) is 0 Å². The summed E-state index contributed by atoms with van der Waals surface area (Å²) in [7, 11) is 0. The topological polar surface area (TPSA) is 29.5 Å². The number of allylic oxidation sites excluding steroid dienone is 1. The molecule has 0 aromatic carbocycles. The highest BCUT2D eigenvalue weighted by atomic mass is 32.1. The predicted octanol–water partition coefficient (Wildman–Crippen LogP) is 1.75. The molecule has 0 spiro atoms. The lowest BCUT2D eigenvalue weighted by molar-refractivity contribution is 0.109. The third-order valence-corrected chi connectivity index (χ3v) is 2.36. The highest BCUT2D eigenvalue weighted by Gasteiger charge is 2.21. The molecule has 3 heteroatoms. The Labute approximate surface area is 79.0 Å². The molecule has 0 radical (unpaired) electrons. The van der Waals surface area contributed by atoms with Crippen molar-refractivity contribution in [1.82, 2.24) is 0 Å². The van der Waals surface area contributed by atoms with Gasteiger partial charge in [-0.15, -0.1) is 0 Å². The summed E-state index contributed by atoms with van der Waals surface area (Å²) < 4.78 is 5.51. The van der Waals surface area contributed by atoms with Crippen molar-refractivity contribution < 1.29 is 9.84 Å². The maximum absolute atomic E-state index is 9.35. The number of hydrogen-bond acceptors (Lipinski definition) is 3. The predicted molar refractivity (Wildman–Crippen MR) is 52.3 cm³/mol. The molecule has 0 saturated heterocycles. The minimum Gasteiger partial charge on any atom is -0.496 e. The lowest BCUT2D eigenvalue weighted by Crippen LogP contribution is -2.25. The summed E-state index contributed by atoms with van der Waals surface area (Å²) in [6.07, 6.45) is 3.26. The van der Waals surface area contributed by atoms with Gasteiger partial charge in [0.2, 0.25) is 0 Å². The third kappa shape index (κ3) is 2.72. The van der Waals surface area contributed by atoms with Gasteiger partial charge in [-0.3, -0.25) is 0 Å². The Balaban J connectivity index is 2.46. The van der Waals surface area contributed by atoms with Crippen LogP contribution in [0.15, 0.2) is 11.8 Å². The van der Waals surface area contributed by atoms with Crippen LogP contribution in [0.1, 0.15) is 26.7 Å². The molecule has 0 bridgehead atoms. The molecule has 0 aliphatic heterocycles. The summed E-state index contributed by atoms with van der Waals surface area (Å²) in [4.78, 5) is 0. The maximum atomic E-state index is 9.35. The Hall–Kier alpha value is -0.150. The largest absolute Gasteiger partial charge is 0.496 e. The van der Waals surface area contributed by atoms with Crippen LogP contribution in [0.4, 0.5) is 0 Å². The molecule has 0 amide bonds. The average molecular weight is 188 g/mol. The zero-order valence-electron chi connectivity index (χ0n) is 7.53. The van der Waals surface area contributed by atoms with Gasteiger partial charge in [0, 0.05) is 11.7 Å². The van der Waals surface area contributed by atoms with Crippen LogP contribution in [0.25, 0.3) is 0 Å². The van der Waals surface area contributed by atoms with E-state index in [1.807, 2.05) is 19.9 Å². The van der Waals surface area contributed by atoms with Crippen LogP contribution in [0, 0.1) is 0 Å². The first kappa shape index (κ1) is 9.93. The maximum Gasteiger partial charge on any atom is 0.0936 e. The minimum atomic E-state index is -0.312. The van der Waals surface area contributed by atoms with Crippen LogP contribution in [0.3, 0.4) is 0 Å². The normalized spacial score (nSPS) is 30.2. The summed E-state index contributed by atoms with van der Waals surface area (Å²) in [6, 6.07) is 0. The Morgan fingerprint density at radius 1 is 1.67 bits per heavy atom. The van der Waals surface area contributed by atoms with Crippen molar-refractivity contribution in [2.75, 3.05) is 0 Å². The van der Waals surface area contributed by atoms with Crippen molar-refractivity contribution >= 4 is 12.6 Å². The zero-order valence-corrected chi connectivity index (χ0v) is 8.42. The number of thiol groups is 1. The molecule has 2 atom stereocenters. The minimum absolute atomic E-state index is 0.0312. The smallest absolute Gasteiger partial charge is 0.0936 e. The molecule has 1 aliphatic carbocycles. The first-order valence-corrected chi connectivity index (χ1v) is 4.83. The van der Waals surface area contributed by atoms with E-state index < -0.39 is 0 Å². The molecule has 1 rings (SSSR count). The van der Waals surface area contributed by atoms with E-state index in [1.54, 1.807) is 0 Å². The van der Waals surface area contributed by atoms with E-state index in [-0.39, 0.29) is 17.5 Å². The van der Waals surface area contributed by atoms with Crippen LogP contribution >= 0.6 is 12.6 Å². The van der Waals surface area contributed by atoms with Gasteiger partial charge in [-0.1, -0.05) is 0 Å². The lowest BCUT2D eigenvalue weighted by Gasteiger charge is -2.25. The molecular weight excluding hydrogens is 172 g/mol.